The van der Waals surface area contributed by atoms with Crippen molar-refractivity contribution < 1.29 is 9.59 Å². The fourth-order valence-corrected chi connectivity index (χ4v) is 3.62. The Labute approximate surface area is 131 Å². The Hall–Kier alpha value is -1.78. The minimum absolute atomic E-state index is 0.0309. The van der Waals surface area contributed by atoms with Crippen LogP contribution in [-0.2, 0) is 11.8 Å². The van der Waals surface area contributed by atoms with Crippen molar-refractivity contribution in [3.05, 3.63) is 24.0 Å². The number of amides is 2. The van der Waals surface area contributed by atoms with Gasteiger partial charge >= 0.3 is 0 Å². The molecule has 1 saturated carbocycles. The van der Waals surface area contributed by atoms with Gasteiger partial charge in [0.1, 0.15) is 0 Å². The number of likely N-dealkylation sites (tertiary alicyclic amines) is 1. The van der Waals surface area contributed by atoms with E-state index >= 15 is 0 Å². The van der Waals surface area contributed by atoms with Crippen molar-refractivity contribution in [1.29, 1.82) is 0 Å². The van der Waals surface area contributed by atoms with Gasteiger partial charge in [0.2, 0.25) is 5.91 Å². The number of aryl methyl sites for hydroxylation is 1. The van der Waals surface area contributed by atoms with Gasteiger partial charge in [0.05, 0.1) is 5.56 Å². The fraction of sp³-hybridized carbons (Fsp3) is 0.647. The van der Waals surface area contributed by atoms with Crippen molar-refractivity contribution in [2.24, 2.45) is 13.0 Å². The van der Waals surface area contributed by atoms with Gasteiger partial charge in [-0.15, -0.1) is 0 Å². The Morgan fingerprint density at radius 1 is 1.18 bits per heavy atom. The van der Waals surface area contributed by atoms with Crippen LogP contribution in [0.3, 0.4) is 0 Å². The molecule has 0 aromatic carbocycles. The third-order valence-electron chi connectivity index (χ3n) is 4.88. The molecule has 5 heteroatoms. The highest BCUT2D eigenvalue weighted by Gasteiger charge is 2.33. The molecule has 120 valence electrons. The molecule has 0 radical (unpaired) electrons. The molecule has 2 heterocycles. The second-order valence-corrected chi connectivity index (χ2v) is 6.63. The standard InChI is InChI=1S/C17H25N3O2/c1-19-10-7-14(12-19)16(21)18-15-6-5-13(11-15)17(22)20-8-3-2-4-9-20/h7,10,12-13,15H,2-6,8-9,11H2,1H3,(H,18,21)/t13-,15+/m1/s1. The molecule has 0 spiro atoms. The summed E-state index contributed by atoms with van der Waals surface area (Å²) in [6, 6.07) is 1.95. The molecule has 2 amide bonds. The van der Waals surface area contributed by atoms with Gasteiger partial charge in [0.15, 0.2) is 0 Å². The van der Waals surface area contributed by atoms with Gasteiger partial charge in [-0.25, -0.2) is 0 Å². The van der Waals surface area contributed by atoms with E-state index in [2.05, 4.69) is 5.32 Å². The molecule has 2 atom stereocenters. The number of rotatable bonds is 3. The predicted molar refractivity (Wildman–Crippen MR) is 84.4 cm³/mol. The molecule has 1 aliphatic carbocycles. The first-order valence-corrected chi connectivity index (χ1v) is 8.35. The second-order valence-electron chi connectivity index (χ2n) is 6.63. The highest BCUT2D eigenvalue weighted by molar-refractivity contribution is 5.94. The second kappa shape index (κ2) is 6.55. The zero-order valence-corrected chi connectivity index (χ0v) is 13.3. The van der Waals surface area contributed by atoms with Crippen LogP contribution in [0, 0.1) is 5.92 Å². The van der Waals surface area contributed by atoms with Crippen LogP contribution in [0.1, 0.15) is 48.9 Å². The average molecular weight is 303 g/mol. The molecular formula is C17H25N3O2. The maximum atomic E-state index is 12.5. The fourth-order valence-electron chi connectivity index (χ4n) is 3.62. The Morgan fingerprint density at radius 3 is 2.64 bits per heavy atom. The molecule has 1 N–H and O–H groups in total. The molecule has 22 heavy (non-hydrogen) atoms. The van der Waals surface area contributed by atoms with Gasteiger partial charge in [0.25, 0.3) is 5.91 Å². The SMILES string of the molecule is Cn1ccc(C(=O)N[C@H]2CC[C@@H](C(=O)N3CCCCC3)C2)c1. The van der Waals surface area contributed by atoms with Crippen molar-refractivity contribution in [2.45, 2.75) is 44.6 Å². The van der Waals surface area contributed by atoms with Crippen molar-refractivity contribution in [3.8, 4) is 0 Å². The summed E-state index contributed by atoms with van der Waals surface area (Å²) in [5, 5.41) is 3.07. The average Bonchev–Trinajstić information content (AvgIpc) is 3.16. The van der Waals surface area contributed by atoms with Crippen LogP contribution in [0.15, 0.2) is 18.5 Å². The number of carbonyl (C=O) groups is 2. The number of aromatic nitrogens is 1. The smallest absolute Gasteiger partial charge is 0.253 e. The van der Waals surface area contributed by atoms with Crippen LogP contribution in [0.2, 0.25) is 0 Å². The highest BCUT2D eigenvalue weighted by Crippen LogP contribution is 2.28. The summed E-state index contributed by atoms with van der Waals surface area (Å²) in [6.07, 6.45) is 9.78. The largest absolute Gasteiger partial charge is 0.356 e. The summed E-state index contributed by atoms with van der Waals surface area (Å²) in [5.74, 6) is 0.368. The number of nitrogens with zero attached hydrogens (tertiary/aromatic N) is 2. The molecule has 0 bridgehead atoms. The first-order chi connectivity index (χ1) is 10.6. The van der Waals surface area contributed by atoms with E-state index in [-0.39, 0.29) is 17.9 Å². The molecule has 2 fully saturated rings. The maximum absolute atomic E-state index is 12.5. The predicted octanol–water partition coefficient (Wildman–Crippen LogP) is 1.94. The van der Waals surface area contributed by atoms with Crippen molar-refractivity contribution in [3.63, 3.8) is 0 Å². The van der Waals surface area contributed by atoms with Gasteiger partial charge in [-0.05, 0) is 44.6 Å². The summed E-state index contributed by atoms with van der Waals surface area (Å²) in [7, 11) is 1.90. The lowest BCUT2D eigenvalue weighted by molar-refractivity contribution is -0.136. The van der Waals surface area contributed by atoms with E-state index in [4.69, 9.17) is 0 Å². The summed E-state index contributed by atoms with van der Waals surface area (Å²) in [4.78, 5) is 26.7. The van der Waals surface area contributed by atoms with E-state index in [1.54, 1.807) is 0 Å². The van der Waals surface area contributed by atoms with Gasteiger partial charge in [-0.2, -0.15) is 0 Å². The third kappa shape index (κ3) is 3.34. The third-order valence-corrected chi connectivity index (χ3v) is 4.88. The van der Waals surface area contributed by atoms with Gasteiger partial charge in [-0.3, -0.25) is 9.59 Å². The van der Waals surface area contributed by atoms with Crippen LogP contribution in [-0.4, -0.2) is 40.4 Å². The van der Waals surface area contributed by atoms with E-state index in [9.17, 15) is 9.59 Å². The lowest BCUT2D eigenvalue weighted by atomic mass is 10.0. The lowest BCUT2D eigenvalue weighted by Crippen LogP contribution is -2.40. The topological polar surface area (TPSA) is 54.3 Å². The molecule has 1 aromatic rings. The molecule has 3 rings (SSSR count). The summed E-state index contributed by atoms with van der Waals surface area (Å²) in [6.45, 7) is 1.83. The number of piperidine rings is 1. The maximum Gasteiger partial charge on any atom is 0.253 e. The van der Waals surface area contributed by atoms with Crippen LogP contribution in [0.5, 0.6) is 0 Å². The number of hydrogen-bond donors (Lipinski definition) is 1. The first kappa shape index (κ1) is 15.1. The van der Waals surface area contributed by atoms with Crippen molar-refractivity contribution >= 4 is 11.8 Å². The van der Waals surface area contributed by atoms with E-state index in [1.807, 2.05) is 35.0 Å². The zero-order valence-electron chi connectivity index (χ0n) is 13.3. The Balaban J connectivity index is 1.51. The van der Waals surface area contributed by atoms with Gasteiger partial charge in [0, 0.05) is 44.5 Å². The monoisotopic (exact) mass is 303 g/mol. The van der Waals surface area contributed by atoms with Gasteiger partial charge in [-0.1, -0.05) is 0 Å². The van der Waals surface area contributed by atoms with E-state index < -0.39 is 0 Å². The van der Waals surface area contributed by atoms with E-state index in [0.717, 1.165) is 45.2 Å². The van der Waals surface area contributed by atoms with E-state index in [1.165, 1.54) is 6.42 Å². The molecule has 1 aliphatic heterocycles. The number of nitrogens with one attached hydrogen (secondary N) is 1. The number of carbonyl (C=O) groups excluding carboxylic acids is 2. The quantitative estimate of drug-likeness (QED) is 0.928. The normalized spacial score (nSPS) is 25.2. The molecule has 2 aliphatic rings. The molecular weight excluding hydrogens is 278 g/mol. The number of hydrogen-bond acceptors (Lipinski definition) is 2. The Morgan fingerprint density at radius 2 is 1.95 bits per heavy atom. The van der Waals surface area contributed by atoms with Crippen LogP contribution in [0.25, 0.3) is 0 Å². The van der Waals surface area contributed by atoms with Crippen molar-refractivity contribution in [1.82, 2.24) is 14.8 Å². The Kier molecular flexibility index (Phi) is 4.50. The lowest BCUT2D eigenvalue weighted by Gasteiger charge is -2.29. The summed E-state index contributed by atoms with van der Waals surface area (Å²) < 4.78 is 1.87. The van der Waals surface area contributed by atoms with Crippen molar-refractivity contribution in [2.75, 3.05) is 13.1 Å². The molecule has 5 nitrogen and oxygen atoms in total. The Bertz CT molecular complexity index is 546. The van der Waals surface area contributed by atoms with Crippen LogP contribution in [0.4, 0.5) is 0 Å². The minimum Gasteiger partial charge on any atom is -0.356 e. The van der Waals surface area contributed by atoms with E-state index in [0.29, 0.717) is 11.5 Å². The molecule has 0 unspecified atom stereocenters. The summed E-state index contributed by atoms with van der Waals surface area (Å²) in [5.41, 5.74) is 0.688. The minimum atomic E-state index is -0.0309. The molecule has 1 saturated heterocycles. The van der Waals surface area contributed by atoms with Crippen LogP contribution < -0.4 is 5.32 Å². The first-order valence-electron chi connectivity index (χ1n) is 8.35. The zero-order chi connectivity index (χ0) is 15.5. The summed E-state index contributed by atoms with van der Waals surface area (Å²) >= 11 is 0. The van der Waals surface area contributed by atoms with Gasteiger partial charge < -0.3 is 14.8 Å². The van der Waals surface area contributed by atoms with Crippen LogP contribution >= 0.6 is 0 Å². The highest BCUT2D eigenvalue weighted by atomic mass is 16.2. The molecule has 1 aromatic heterocycles.